The monoisotopic (exact) mass is 199 g/mol. The minimum absolute atomic E-state index is 0.00117. The van der Waals surface area contributed by atoms with Crippen molar-refractivity contribution < 1.29 is 5.11 Å². The molecule has 1 unspecified atom stereocenters. The number of thioether (sulfide) groups is 1. The van der Waals surface area contributed by atoms with Crippen LogP contribution in [0.5, 0.6) is 0 Å². The maximum absolute atomic E-state index is 8.69. The topological polar surface area (TPSA) is 72.0 Å². The number of hydrogen-bond donors (Lipinski definition) is 2. The molecular formula is C8H13N3OS. The summed E-state index contributed by atoms with van der Waals surface area (Å²) in [7, 11) is 0. The molecule has 0 bridgehead atoms. The SMILES string of the molecule is Cc1ccnc(SCC(N)CO)n1. The second-order valence-corrected chi connectivity index (χ2v) is 3.72. The number of rotatable bonds is 4. The van der Waals surface area contributed by atoms with Gasteiger partial charge in [-0.2, -0.15) is 0 Å². The minimum Gasteiger partial charge on any atom is -0.395 e. The van der Waals surface area contributed by atoms with Crippen molar-refractivity contribution >= 4 is 11.8 Å². The third-order valence-electron chi connectivity index (χ3n) is 1.43. The summed E-state index contributed by atoms with van der Waals surface area (Å²) in [5, 5.41) is 9.40. The van der Waals surface area contributed by atoms with Crippen molar-refractivity contribution in [2.75, 3.05) is 12.4 Å². The van der Waals surface area contributed by atoms with Crippen LogP contribution in [-0.4, -0.2) is 33.5 Å². The van der Waals surface area contributed by atoms with E-state index in [-0.39, 0.29) is 12.6 Å². The highest BCUT2D eigenvalue weighted by molar-refractivity contribution is 7.99. The zero-order valence-electron chi connectivity index (χ0n) is 7.47. The van der Waals surface area contributed by atoms with E-state index in [9.17, 15) is 0 Å². The van der Waals surface area contributed by atoms with Crippen molar-refractivity contribution in [3.63, 3.8) is 0 Å². The van der Waals surface area contributed by atoms with Crippen LogP contribution in [0.15, 0.2) is 17.4 Å². The Morgan fingerprint density at radius 1 is 1.69 bits per heavy atom. The second-order valence-electron chi connectivity index (χ2n) is 2.73. The molecule has 0 radical (unpaired) electrons. The van der Waals surface area contributed by atoms with Crippen LogP contribution < -0.4 is 5.73 Å². The molecule has 0 saturated heterocycles. The molecule has 1 atom stereocenters. The molecule has 0 aliphatic rings. The lowest BCUT2D eigenvalue weighted by atomic mass is 10.4. The van der Waals surface area contributed by atoms with E-state index >= 15 is 0 Å². The lowest BCUT2D eigenvalue weighted by Gasteiger charge is -2.05. The van der Waals surface area contributed by atoms with Crippen molar-refractivity contribution in [1.82, 2.24) is 9.97 Å². The van der Waals surface area contributed by atoms with E-state index in [2.05, 4.69) is 9.97 Å². The Bertz CT molecular complexity index is 269. The van der Waals surface area contributed by atoms with Crippen LogP contribution in [-0.2, 0) is 0 Å². The van der Waals surface area contributed by atoms with Crippen LogP contribution in [0.3, 0.4) is 0 Å². The van der Waals surface area contributed by atoms with Crippen LogP contribution in [0.4, 0.5) is 0 Å². The quantitative estimate of drug-likeness (QED) is 0.535. The molecule has 1 heterocycles. The molecule has 0 spiro atoms. The molecule has 4 nitrogen and oxygen atoms in total. The first-order valence-electron chi connectivity index (χ1n) is 4.01. The smallest absolute Gasteiger partial charge is 0.187 e. The van der Waals surface area contributed by atoms with E-state index in [0.717, 1.165) is 5.69 Å². The van der Waals surface area contributed by atoms with E-state index in [0.29, 0.717) is 10.9 Å². The van der Waals surface area contributed by atoms with Gasteiger partial charge in [0.15, 0.2) is 5.16 Å². The zero-order valence-corrected chi connectivity index (χ0v) is 8.29. The van der Waals surface area contributed by atoms with Crippen molar-refractivity contribution in [2.45, 2.75) is 18.1 Å². The van der Waals surface area contributed by atoms with Gasteiger partial charge in [0.05, 0.1) is 6.61 Å². The molecule has 5 heteroatoms. The number of nitrogens with two attached hydrogens (primary N) is 1. The lowest BCUT2D eigenvalue weighted by molar-refractivity contribution is 0.275. The number of hydrogen-bond acceptors (Lipinski definition) is 5. The standard InChI is InChI=1S/C8H13N3OS/c1-6-2-3-10-8(11-6)13-5-7(9)4-12/h2-3,7,12H,4-5,9H2,1H3. The summed E-state index contributed by atoms with van der Waals surface area (Å²) >= 11 is 1.46. The highest BCUT2D eigenvalue weighted by Gasteiger charge is 2.03. The molecule has 1 rings (SSSR count). The van der Waals surface area contributed by atoms with Gasteiger partial charge in [-0.1, -0.05) is 11.8 Å². The summed E-state index contributed by atoms with van der Waals surface area (Å²) in [6.45, 7) is 1.91. The summed E-state index contributed by atoms with van der Waals surface area (Å²) in [5.41, 5.74) is 6.47. The highest BCUT2D eigenvalue weighted by atomic mass is 32.2. The van der Waals surface area contributed by atoms with Crippen LogP contribution in [0.25, 0.3) is 0 Å². The normalized spacial score (nSPS) is 12.8. The third kappa shape index (κ3) is 3.71. The predicted octanol–water partition coefficient (Wildman–Crippen LogP) is 0.197. The van der Waals surface area contributed by atoms with Gasteiger partial charge in [0, 0.05) is 23.7 Å². The molecule has 0 aliphatic carbocycles. The third-order valence-corrected chi connectivity index (χ3v) is 2.48. The molecular weight excluding hydrogens is 186 g/mol. The molecule has 0 amide bonds. The summed E-state index contributed by atoms with van der Waals surface area (Å²) in [5.74, 6) is 0.639. The van der Waals surface area contributed by atoms with Gasteiger partial charge in [0.25, 0.3) is 0 Å². The number of nitrogens with zero attached hydrogens (tertiary/aromatic N) is 2. The van der Waals surface area contributed by atoms with Crippen molar-refractivity contribution in [1.29, 1.82) is 0 Å². The molecule has 13 heavy (non-hydrogen) atoms. The first-order chi connectivity index (χ1) is 6.22. The molecule has 0 aromatic carbocycles. The summed E-state index contributed by atoms with van der Waals surface area (Å²) in [6, 6.07) is 1.64. The van der Waals surface area contributed by atoms with Crippen LogP contribution in [0.1, 0.15) is 5.69 Å². The maximum Gasteiger partial charge on any atom is 0.187 e. The molecule has 0 aliphatic heterocycles. The number of aliphatic hydroxyl groups excluding tert-OH is 1. The molecule has 0 fully saturated rings. The van der Waals surface area contributed by atoms with E-state index in [1.807, 2.05) is 13.0 Å². The first kappa shape index (κ1) is 10.4. The molecule has 3 N–H and O–H groups in total. The van der Waals surface area contributed by atoms with Crippen molar-refractivity contribution in [2.24, 2.45) is 5.73 Å². The van der Waals surface area contributed by atoms with Gasteiger partial charge in [0.2, 0.25) is 0 Å². The lowest BCUT2D eigenvalue weighted by Crippen LogP contribution is -2.26. The number of aryl methyl sites for hydroxylation is 1. The average molecular weight is 199 g/mol. The van der Waals surface area contributed by atoms with E-state index < -0.39 is 0 Å². The Hall–Kier alpha value is -0.650. The fraction of sp³-hybridized carbons (Fsp3) is 0.500. The average Bonchev–Trinajstić information content (AvgIpc) is 2.14. The van der Waals surface area contributed by atoms with Crippen LogP contribution >= 0.6 is 11.8 Å². The fourth-order valence-electron chi connectivity index (χ4n) is 0.730. The van der Waals surface area contributed by atoms with Gasteiger partial charge in [-0.15, -0.1) is 0 Å². The van der Waals surface area contributed by atoms with Crippen molar-refractivity contribution in [3.8, 4) is 0 Å². The van der Waals surface area contributed by atoms with Gasteiger partial charge in [-0.25, -0.2) is 9.97 Å². The Morgan fingerprint density at radius 2 is 2.46 bits per heavy atom. The van der Waals surface area contributed by atoms with Crippen molar-refractivity contribution in [3.05, 3.63) is 18.0 Å². The van der Waals surface area contributed by atoms with Gasteiger partial charge < -0.3 is 10.8 Å². The largest absolute Gasteiger partial charge is 0.395 e. The Morgan fingerprint density at radius 3 is 3.08 bits per heavy atom. The van der Waals surface area contributed by atoms with E-state index in [1.54, 1.807) is 6.20 Å². The zero-order chi connectivity index (χ0) is 9.68. The summed E-state index contributed by atoms with van der Waals surface area (Å²) in [4.78, 5) is 8.25. The molecule has 0 saturated carbocycles. The van der Waals surface area contributed by atoms with Crippen LogP contribution in [0.2, 0.25) is 0 Å². The fourth-order valence-corrected chi connectivity index (χ4v) is 1.54. The molecule has 1 aromatic rings. The second kappa shape index (κ2) is 5.16. The first-order valence-corrected chi connectivity index (χ1v) is 5.00. The Kier molecular flexibility index (Phi) is 4.14. The van der Waals surface area contributed by atoms with Gasteiger partial charge in [-0.05, 0) is 13.0 Å². The summed E-state index contributed by atoms with van der Waals surface area (Å²) in [6.07, 6.45) is 1.72. The van der Waals surface area contributed by atoms with Gasteiger partial charge >= 0.3 is 0 Å². The molecule has 1 aromatic heterocycles. The predicted molar refractivity (Wildman–Crippen MR) is 52.6 cm³/mol. The highest BCUT2D eigenvalue weighted by Crippen LogP contribution is 2.12. The minimum atomic E-state index is -0.200. The molecule has 72 valence electrons. The number of aromatic nitrogens is 2. The number of aliphatic hydroxyl groups is 1. The summed E-state index contributed by atoms with van der Waals surface area (Å²) < 4.78 is 0. The van der Waals surface area contributed by atoms with Gasteiger partial charge in [0.1, 0.15) is 0 Å². The van der Waals surface area contributed by atoms with E-state index in [1.165, 1.54) is 11.8 Å². The van der Waals surface area contributed by atoms with Gasteiger partial charge in [-0.3, -0.25) is 0 Å². The Labute approximate surface area is 81.6 Å². The van der Waals surface area contributed by atoms with E-state index in [4.69, 9.17) is 10.8 Å². The maximum atomic E-state index is 8.69. The Balaban J connectivity index is 2.45. The van der Waals surface area contributed by atoms with Crippen LogP contribution in [0, 0.1) is 6.92 Å².